The maximum Gasteiger partial charge on any atom is 0.424 e. The summed E-state index contributed by atoms with van der Waals surface area (Å²) in [6, 6.07) is 7.88. The molecule has 1 unspecified atom stereocenters. The Labute approximate surface area is 134 Å². The zero-order valence-corrected chi connectivity index (χ0v) is 14.6. The third-order valence-electron chi connectivity index (χ3n) is 3.05. The van der Waals surface area contributed by atoms with Gasteiger partial charge < -0.3 is 13.6 Å². The molecule has 5 heteroatoms. The highest BCUT2D eigenvalue weighted by atomic mass is 28.3. The van der Waals surface area contributed by atoms with Crippen LogP contribution >= 0.6 is 0 Å². The van der Waals surface area contributed by atoms with E-state index in [2.05, 4.69) is 13.5 Å². The van der Waals surface area contributed by atoms with Crippen LogP contribution in [0, 0.1) is 0 Å². The molecule has 0 aliphatic rings. The van der Waals surface area contributed by atoms with Crippen molar-refractivity contribution in [3.05, 3.63) is 42.5 Å². The monoisotopic (exact) mass is 321 g/mol. The van der Waals surface area contributed by atoms with Crippen LogP contribution in [0.2, 0.25) is 0 Å². The number of carbonyl (C=O) groups is 1. The first kappa shape index (κ1) is 18.6. The van der Waals surface area contributed by atoms with Gasteiger partial charge in [-0.2, -0.15) is 0 Å². The van der Waals surface area contributed by atoms with Crippen LogP contribution in [-0.4, -0.2) is 28.5 Å². The van der Waals surface area contributed by atoms with Gasteiger partial charge in [-0.25, -0.2) is 4.79 Å². The third kappa shape index (κ3) is 5.40. The number of ether oxygens (including phenoxy) is 1. The molecule has 1 aromatic rings. The summed E-state index contributed by atoms with van der Waals surface area (Å²) in [4.78, 5) is 11.6. The van der Waals surface area contributed by atoms with Crippen LogP contribution in [0.15, 0.2) is 36.9 Å². The van der Waals surface area contributed by atoms with Gasteiger partial charge >= 0.3 is 15.3 Å². The van der Waals surface area contributed by atoms with Gasteiger partial charge in [0.1, 0.15) is 6.10 Å². The predicted octanol–water partition coefficient (Wildman–Crippen LogP) is 3.03. The first-order valence-electron chi connectivity index (χ1n) is 7.72. The largest absolute Gasteiger partial charge is 0.454 e. The molecule has 0 heterocycles. The Morgan fingerprint density at radius 1 is 1.23 bits per heavy atom. The van der Waals surface area contributed by atoms with Crippen molar-refractivity contribution >= 4 is 20.4 Å². The molecule has 0 aliphatic carbocycles. The van der Waals surface area contributed by atoms with Crippen molar-refractivity contribution in [1.82, 2.24) is 0 Å². The molecule has 0 fully saturated rings. The van der Waals surface area contributed by atoms with E-state index >= 15 is 0 Å². The zero-order chi connectivity index (χ0) is 16.4. The topological polar surface area (TPSA) is 44.8 Å². The standard InChI is InChI=1S/C17H25O4Si/c1-5-11-15(21-17(18)6-2)14-12-9-10-13-16(14)22(19-7-3)20-8-4/h6,9-10,12-13,15H,2,5,7-8,11H2,1,3-4H3. The molecule has 1 radical (unpaired) electrons. The van der Waals surface area contributed by atoms with E-state index in [0.29, 0.717) is 13.2 Å². The van der Waals surface area contributed by atoms with Crippen LogP contribution in [0.4, 0.5) is 0 Å². The number of hydrogen-bond donors (Lipinski definition) is 0. The molecular formula is C17H25O4Si. The summed E-state index contributed by atoms with van der Waals surface area (Å²) in [5, 5.41) is 1.01. The van der Waals surface area contributed by atoms with Gasteiger partial charge in [-0.05, 0) is 25.8 Å². The Kier molecular flexibility index (Phi) is 8.73. The number of carbonyl (C=O) groups excluding carboxylic acids is 1. The maximum atomic E-state index is 11.6. The smallest absolute Gasteiger partial charge is 0.424 e. The van der Waals surface area contributed by atoms with E-state index in [4.69, 9.17) is 13.6 Å². The highest BCUT2D eigenvalue weighted by Gasteiger charge is 2.26. The van der Waals surface area contributed by atoms with Crippen molar-refractivity contribution in [2.45, 2.75) is 39.7 Å². The van der Waals surface area contributed by atoms with Gasteiger partial charge in [-0.15, -0.1) is 0 Å². The molecule has 1 aromatic carbocycles. The fourth-order valence-corrected chi connectivity index (χ4v) is 3.78. The van der Waals surface area contributed by atoms with E-state index in [0.717, 1.165) is 23.6 Å². The molecule has 0 saturated carbocycles. The normalized spacial score (nSPS) is 12.2. The molecule has 121 valence electrons. The Balaban J connectivity index is 3.13. The highest BCUT2D eigenvalue weighted by molar-refractivity contribution is 6.61. The summed E-state index contributed by atoms with van der Waals surface area (Å²) in [6.45, 7) is 10.6. The molecule has 4 nitrogen and oxygen atoms in total. The molecule has 0 amide bonds. The molecular weight excluding hydrogens is 296 g/mol. The average Bonchev–Trinajstić information content (AvgIpc) is 2.54. The molecule has 1 atom stereocenters. The summed E-state index contributed by atoms with van der Waals surface area (Å²) >= 11 is 0. The number of hydrogen-bond acceptors (Lipinski definition) is 4. The Morgan fingerprint density at radius 3 is 2.41 bits per heavy atom. The van der Waals surface area contributed by atoms with E-state index in [1.54, 1.807) is 0 Å². The van der Waals surface area contributed by atoms with Crippen molar-refractivity contribution in [2.24, 2.45) is 0 Å². The quantitative estimate of drug-likeness (QED) is 0.377. The fourth-order valence-electron chi connectivity index (χ4n) is 2.15. The van der Waals surface area contributed by atoms with E-state index in [1.165, 1.54) is 6.08 Å². The second kappa shape index (κ2) is 10.3. The fraction of sp³-hybridized carbons (Fsp3) is 0.471. The minimum absolute atomic E-state index is 0.299. The Hall–Kier alpha value is -1.43. The van der Waals surface area contributed by atoms with Gasteiger partial charge in [-0.3, -0.25) is 0 Å². The highest BCUT2D eigenvalue weighted by Crippen LogP contribution is 2.22. The van der Waals surface area contributed by atoms with Gasteiger partial charge in [0.15, 0.2) is 0 Å². The molecule has 0 saturated heterocycles. The van der Waals surface area contributed by atoms with Crippen molar-refractivity contribution < 1.29 is 18.4 Å². The minimum Gasteiger partial charge on any atom is -0.454 e. The Bertz CT molecular complexity index is 469. The van der Waals surface area contributed by atoms with Crippen molar-refractivity contribution in [1.29, 1.82) is 0 Å². The van der Waals surface area contributed by atoms with Gasteiger partial charge in [-0.1, -0.05) is 44.2 Å². The van der Waals surface area contributed by atoms with Crippen LogP contribution in [0.3, 0.4) is 0 Å². The second-order valence-corrected chi connectivity index (χ2v) is 6.35. The Morgan fingerprint density at radius 2 is 1.86 bits per heavy atom. The molecule has 0 bridgehead atoms. The van der Waals surface area contributed by atoms with Gasteiger partial charge in [0.05, 0.1) is 0 Å². The third-order valence-corrected chi connectivity index (χ3v) is 5.05. The SMILES string of the molecule is C=CC(=O)OC(CCC)c1ccccc1[Si](OCC)OCC. The molecule has 0 N–H and O–H groups in total. The van der Waals surface area contributed by atoms with Crippen LogP contribution < -0.4 is 5.19 Å². The first-order valence-corrected chi connectivity index (χ1v) is 9.04. The van der Waals surface area contributed by atoms with Crippen LogP contribution in [-0.2, 0) is 18.4 Å². The first-order chi connectivity index (χ1) is 10.7. The summed E-state index contributed by atoms with van der Waals surface area (Å²) in [6.07, 6.45) is 2.56. The van der Waals surface area contributed by atoms with Crippen molar-refractivity contribution in [3.8, 4) is 0 Å². The lowest BCUT2D eigenvalue weighted by molar-refractivity contribution is -0.143. The number of rotatable bonds is 10. The molecule has 0 spiro atoms. The van der Waals surface area contributed by atoms with Gasteiger partial charge in [0.2, 0.25) is 0 Å². The summed E-state index contributed by atoms with van der Waals surface area (Å²) in [5.74, 6) is -0.408. The average molecular weight is 321 g/mol. The lowest BCUT2D eigenvalue weighted by Crippen LogP contribution is -2.40. The van der Waals surface area contributed by atoms with Crippen molar-refractivity contribution in [2.75, 3.05) is 13.2 Å². The lowest BCUT2D eigenvalue weighted by atomic mass is 10.1. The van der Waals surface area contributed by atoms with Crippen LogP contribution in [0.25, 0.3) is 0 Å². The lowest BCUT2D eigenvalue weighted by Gasteiger charge is -2.22. The van der Waals surface area contributed by atoms with E-state index in [9.17, 15) is 4.79 Å². The minimum atomic E-state index is -1.58. The summed E-state index contributed by atoms with van der Waals surface area (Å²) < 4.78 is 17.1. The van der Waals surface area contributed by atoms with Crippen LogP contribution in [0.1, 0.15) is 45.3 Å². The summed E-state index contributed by atoms with van der Waals surface area (Å²) in [5.41, 5.74) is 0.968. The maximum absolute atomic E-state index is 11.6. The van der Waals surface area contributed by atoms with Gasteiger partial charge in [0.25, 0.3) is 0 Å². The number of benzene rings is 1. The van der Waals surface area contributed by atoms with Crippen LogP contribution in [0.5, 0.6) is 0 Å². The molecule has 0 aromatic heterocycles. The second-order valence-electron chi connectivity index (χ2n) is 4.66. The number of esters is 1. The molecule has 22 heavy (non-hydrogen) atoms. The summed E-state index contributed by atoms with van der Waals surface area (Å²) in [7, 11) is -1.58. The predicted molar refractivity (Wildman–Crippen MR) is 89.0 cm³/mol. The van der Waals surface area contributed by atoms with E-state index in [1.807, 2.05) is 38.1 Å². The van der Waals surface area contributed by atoms with Crippen molar-refractivity contribution in [3.63, 3.8) is 0 Å². The zero-order valence-electron chi connectivity index (χ0n) is 13.6. The molecule has 0 aliphatic heterocycles. The van der Waals surface area contributed by atoms with E-state index in [-0.39, 0.29) is 6.10 Å². The van der Waals surface area contributed by atoms with Gasteiger partial charge in [0, 0.05) is 24.5 Å². The van der Waals surface area contributed by atoms with E-state index < -0.39 is 15.3 Å². The molecule has 1 rings (SSSR count).